The van der Waals surface area contributed by atoms with Gasteiger partial charge in [-0.25, -0.2) is 0 Å². The van der Waals surface area contributed by atoms with Gasteiger partial charge in [0.2, 0.25) is 5.91 Å². The molecular formula is C11H11N3OS. The van der Waals surface area contributed by atoms with Crippen molar-refractivity contribution in [1.29, 1.82) is 5.26 Å². The number of benzene rings is 1. The highest BCUT2D eigenvalue weighted by atomic mass is 32.1. The lowest BCUT2D eigenvalue weighted by atomic mass is 10.1. The van der Waals surface area contributed by atoms with Gasteiger partial charge in [-0.3, -0.25) is 4.79 Å². The van der Waals surface area contributed by atoms with E-state index in [1.165, 1.54) is 0 Å². The second-order valence-electron chi connectivity index (χ2n) is 3.27. The first-order valence-corrected chi connectivity index (χ1v) is 5.02. The highest BCUT2D eigenvalue weighted by Gasteiger charge is 2.20. The van der Waals surface area contributed by atoms with Crippen LogP contribution < -0.4 is 11.1 Å². The molecule has 0 aliphatic heterocycles. The number of anilines is 1. The number of carbonyl (C=O) groups is 1. The Labute approximate surface area is 99.1 Å². The third-order valence-corrected chi connectivity index (χ3v) is 2.42. The first-order chi connectivity index (χ1) is 7.56. The molecule has 5 heteroatoms. The molecule has 82 valence electrons. The van der Waals surface area contributed by atoms with Crippen molar-refractivity contribution in [1.82, 2.24) is 0 Å². The predicted octanol–water partition coefficient (Wildman–Crippen LogP) is 1.36. The van der Waals surface area contributed by atoms with E-state index in [9.17, 15) is 4.79 Å². The molecular weight excluding hydrogens is 222 g/mol. The van der Waals surface area contributed by atoms with Crippen LogP contribution in [0.4, 0.5) is 5.69 Å². The van der Waals surface area contributed by atoms with Crippen LogP contribution in [0.2, 0.25) is 0 Å². The number of nitrogens with one attached hydrogen (secondary N) is 1. The molecule has 0 saturated carbocycles. The van der Waals surface area contributed by atoms with Crippen molar-refractivity contribution >= 4 is 28.8 Å². The Kier molecular flexibility index (Phi) is 3.97. The van der Waals surface area contributed by atoms with Crippen LogP contribution in [0.1, 0.15) is 5.56 Å². The maximum atomic E-state index is 10.9. The summed E-state index contributed by atoms with van der Waals surface area (Å²) in [6.45, 7) is 1.90. The molecule has 0 spiro atoms. The molecule has 4 nitrogen and oxygen atoms in total. The molecule has 3 N–H and O–H groups in total. The molecule has 0 saturated heterocycles. The van der Waals surface area contributed by atoms with Crippen molar-refractivity contribution in [3.05, 3.63) is 29.8 Å². The van der Waals surface area contributed by atoms with E-state index < -0.39 is 11.8 Å². The van der Waals surface area contributed by atoms with Crippen LogP contribution >= 0.6 is 12.2 Å². The van der Waals surface area contributed by atoms with E-state index in [4.69, 9.17) is 23.2 Å². The van der Waals surface area contributed by atoms with E-state index in [0.29, 0.717) is 0 Å². The number of aryl methyl sites for hydroxylation is 1. The summed E-state index contributed by atoms with van der Waals surface area (Å²) in [5, 5.41) is 11.6. The highest BCUT2D eigenvalue weighted by molar-refractivity contribution is 7.80. The number of carbonyl (C=O) groups excluding carboxylic acids is 1. The van der Waals surface area contributed by atoms with Crippen LogP contribution in [-0.2, 0) is 4.79 Å². The minimum atomic E-state index is -1.09. The largest absolute Gasteiger partial charge is 0.368 e. The zero-order valence-corrected chi connectivity index (χ0v) is 9.54. The van der Waals surface area contributed by atoms with Crippen LogP contribution in [0.15, 0.2) is 24.3 Å². The molecule has 0 unspecified atom stereocenters. The second kappa shape index (κ2) is 5.24. The highest BCUT2D eigenvalue weighted by Crippen LogP contribution is 2.14. The average Bonchev–Trinajstić information content (AvgIpc) is 2.22. The van der Waals surface area contributed by atoms with Crippen molar-refractivity contribution in [3.8, 4) is 6.07 Å². The Morgan fingerprint density at radius 1 is 1.56 bits per heavy atom. The zero-order chi connectivity index (χ0) is 12.1. The quantitative estimate of drug-likeness (QED) is 0.773. The second-order valence-corrected chi connectivity index (χ2v) is 3.71. The number of nitriles is 1. The number of para-hydroxylation sites is 1. The Morgan fingerprint density at radius 3 is 2.69 bits per heavy atom. The first-order valence-electron chi connectivity index (χ1n) is 4.61. The fourth-order valence-corrected chi connectivity index (χ4v) is 1.45. The maximum absolute atomic E-state index is 10.9. The van der Waals surface area contributed by atoms with Crippen LogP contribution in [0.5, 0.6) is 0 Å². The average molecular weight is 233 g/mol. The molecule has 1 rings (SSSR count). The SMILES string of the molecule is Cc1ccccc1NC(=S)[C@@H](C#N)C(N)=O. The van der Waals surface area contributed by atoms with E-state index in [0.717, 1.165) is 11.3 Å². The van der Waals surface area contributed by atoms with E-state index >= 15 is 0 Å². The first kappa shape index (κ1) is 12.1. The van der Waals surface area contributed by atoms with Gasteiger partial charge < -0.3 is 11.1 Å². The molecule has 0 fully saturated rings. The molecule has 0 aliphatic rings. The summed E-state index contributed by atoms with van der Waals surface area (Å²) in [4.78, 5) is 11.0. The number of rotatable bonds is 3. The van der Waals surface area contributed by atoms with E-state index in [1.54, 1.807) is 6.07 Å². The molecule has 1 aromatic rings. The number of nitrogens with zero attached hydrogens (tertiary/aromatic N) is 1. The zero-order valence-electron chi connectivity index (χ0n) is 8.73. The van der Waals surface area contributed by atoms with Gasteiger partial charge in [-0.1, -0.05) is 30.4 Å². The Morgan fingerprint density at radius 2 is 2.19 bits per heavy atom. The Bertz CT molecular complexity index is 465. The molecule has 0 aromatic heterocycles. The van der Waals surface area contributed by atoms with Gasteiger partial charge in [0.1, 0.15) is 4.99 Å². The molecule has 1 atom stereocenters. The third-order valence-electron chi connectivity index (χ3n) is 2.08. The Hall–Kier alpha value is -1.93. The number of hydrogen-bond acceptors (Lipinski definition) is 3. The smallest absolute Gasteiger partial charge is 0.241 e. The summed E-state index contributed by atoms with van der Waals surface area (Å²) < 4.78 is 0. The van der Waals surface area contributed by atoms with E-state index in [2.05, 4.69) is 5.32 Å². The molecule has 0 aliphatic carbocycles. The van der Waals surface area contributed by atoms with Gasteiger partial charge in [-0.05, 0) is 18.6 Å². The van der Waals surface area contributed by atoms with Gasteiger partial charge in [0.15, 0.2) is 5.92 Å². The molecule has 0 bridgehead atoms. The fraction of sp³-hybridized carbons (Fsp3) is 0.182. The molecule has 0 heterocycles. The van der Waals surface area contributed by atoms with Crippen molar-refractivity contribution in [2.24, 2.45) is 11.7 Å². The van der Waals surface area contributed by atoms with Crippen LogP contribution in [0, 0.1) is 24.2 Å². The van der Waals surface area contributed by atoms with E-state index in [1.807, 2.05) is 31.2 Å². The van der Waals surface area contributed by atoms with Gasteiger partial charge in [0.25, 0.3) is 0 Å². The third kappa shape index (κ3) is 2.78. The molecule has 0 radical (unpaired) electrons. The standard InChI is InChI=1S/C11H11N3OS/c1-7-4-2-3-5-9(7)14-11(16)8(6-12)10(13)15/h2-5,8H,1H3,(H2,13,15)(H,14,16)/t8-/m0/s1. The summed E-state index contributed by atoms with van der Waals surface area (Å²) in [6, 6.07) is 9.20. The van der Waals surface area contributed by atoms with Crippen LogP contribution in [0.3, 0.4) is 0 Å². The van der Waals surface area contributed by atoms with Gasteiger partial charge in [-0.2, -0.15) is 5.26 Å². The summed E-state index contributed by atoms with van der Waals surface area (Å²) in [6.07, 6.45) is 0. The summed E-state index contributed by atoms with van der Waals surface area (Å²) in [7, 11) is 0. The molecule has 1 amide bonds. The number of nitrogens with two attached hydrogens (primary N) is 1. The van der Waals surface area contributed by atoms with Crippen molar-refractivity contribution in [3.63, 3.8) is 0 Å². The topological polar surface area (TPSA) is 78.9 Å². The maximum Gasteiger partial charge on any atom is 0.241 e. The van der Waals surface area contributed by atoms with Crippen molar-refractivity contribution in [2.75, 3.05) is 5.32 Å². The normalized spacial score (nSPS) is 11.2. The van der Waals surface area contributed by atoms with Crippen molar-refractivity contribution in [2.45, 2.75) is 6.92 Å². The molecule has 1 aromatic carbocycles. The fourth-order valence-electron chi connectivity index (χ4n) is 1.17. The number of primary amides is 1. The number of thiocarbonyl (C=S) groups is 1. The Balaban J connectivity index is 2.84. The lowest BCUT2D eigenvalue weighted by Gasteiger charge is -2.12. The van der Waals surface area contributed by atoms with Gasteiger partial charge >= 0.3 is 0 Å². The van der Waals surface area contributed by atoms with Crippen molar-refractivity contribution < 1.29 is 4.79 Å². The van der Waals surface area contributed by atoms with Gasteiger partial charge in [-0.15, -0.1) is 0 Å². The van der Waals surface area contributed by atoms with E-state index in [-0.39, 0.29) is 4.99 Å². The number of amides is 1. The lowest BCUT2D eigenvalue weighted by Crippen LogP contribution is -2.32. The van der Waals surface area contributed by atoms with Crippen LogP contribution in [0.25, 0.3) is 0 Å². The monoisotopic (exact) mass is 233 g/mol. The predicted molar refractivity (Wildman–Crippen MR) is 65.7 cm³/mol. The van der Waals surface area contributed by atoms with Gasteiger partial charge in [0.05, 0.1) is 6.07 Å². The number of hydrogen-bond donors (Lipinski definition) is 2. The minimum absolute atomic E-state index is 0.129. The van der Waals surface area contributed by atoms with Crippen LogP contribution in [-0.4, -0.2) is 10.9 Å². The summed E-state index contributed by atoms with van der Waals surface area (Å²) in [5.41, 5.74) is 6.80. The lowest BCUT2D eigenvalue weighted by molar-refractivity contribution is -0.118. The van der Waals surface area contributed by atoms with Gasteiger partial charge in [0, 0.05) is 5.69 Å². The summed E-state index contributed by atoms with van der Waals surface area (Å²) in [5.74, 6) is -1.83. The summed E-state index contributed by atoms with van der Waals surface area (Å²) >= 11 is 4.96. The minimum Gasteiger partial charge on any atom is -0.368 e. The molecule has 16 heavy (non-hydrogen) atoms.